The lowest BCUT2D eigenvalue weighted by Gasteiger charge is -2.11. The fourth-order valence-electron chi connectivity index (χ4n) is 3.25. The van der Waals surface area contributed by atoms with E-state index in [2.05, 4.69) is 5.32 Å². The zero-order valence-corrected chi connectivity index (χ0v) is 17.0. The number of benzene rings is 3. The Morgan fingerprint density at radius 3 is 2.32 bits per heavy atom. The van der Waals surface area contributed by atoms with Gasteiger partial charge in [0.25, 0.3) is 5.91 Å². The molecule has 1 heterocycles. The van der Waals surface area contributed by atoms with Gasteiger partial charge in [-0.1, -0.05) is 54.6 Å². The molecule has 0 fully saturated rings. The summed E-state index contributed by atoms with van der Waals surface area (Å²) in [5, 5.41) is 2.71. The second kappa shape index (κ2) is 9.80. The van der Waals surface area contributed by atoms with Crippen LogP contribution in [0.3, 0.4) is 0 Å². The Morgan fingerprint density at radius 1 is 0.839 bits per heavy atom. The van der Waals surface area contributed by atoms with Crippen LogP contribution in [0.25, 0.3) is 11.1 Å². The lowest BCUT2D eigenvalue weighted by Crippen LogP contribution is -2.21. The minimum atomic E-state index is -0.457. The van der Waals surface area contributed by atoms with Gasteiger partial charge in [-0.05, 0) is 28.8 Å². The summed E-state index contributed by atoms with van der Waals surface area (Å²) in [6.45, 7) is 0.813. The Labute approximate surface area is 180 Å². The summed E-state index contributed by atoms with van der Waals surface area (Å²) in [7, 11) is 0. The molecule has 1 aliphatic heterocycles. The van der Waals surface area contributed by atoms with Crippen molar-refractivity contribution in [2.24, 2.45) is 0 Å². The standard InChI is InChI=1S/C25H23NO5/c27-24(26-21-11-12-22-23(16-21)30-14-4-13-29-22)17-31-25(28)15-18-7-9-20(10-8-18)19-5-2-1-3-6-19/h1-3,5-12,16H,4,13-15,17H2,(H,26,27). The molecular formula is C25H23NO5. The fraction of sp³-hybridized carbons (Fsp3) is 0.200. The quantitative estimate of drug-likeness (QED) is 0.608. The van der Waals surface area contributed by atoms with Crippen molar-refractivity contribution in [2.45, 2.75) is 12.8 Å². The highest BCUT2D eigenvalue weighted by molar-refractivity contribution is 5.93. The molecular weight excluding hydrogens is 394 g/mol. The molecule has 31 heavy (non-hydrogen) atoms. The summed E-state index contributed by atoms with van der Waals surface area (Å²) in [4.78, 5) is 24.3. The van der Waals surface area contributed by atoms with Gasteiger partial charge in [0.1, 0.15) is 0 Å². The number of hydrogen-bond donors (Lipinski definition) is 1. The average Bonchev–Trinajstić information content (AvgIpc) is 3.04. The van der Waals surface area contributed by atoms with Crippen molar-refractivity contribution >= 4 is 17.6 Å². The van der Waals surface area contributed by atoms with E-state index in [0.29, 0.717) is 30.4 Å². The van der Waals surface area contributed by atoms with Gasteiger partial charge < -0.3 is 19.5 Å². The average molecular weight is 417 g/mol. The maximum Gasteiger partial charge on any atom is 0.310 e. The predicted octanol–water partition coefficient (Wildman–Crippen LogP) is 4.24. The number of esters is 1. The summed E-state index contributed by atoms with van der Waals surface area (Å²) in [5.74, 6) is 0.370. The summed E-state index contributed by atoms with van der Waals surface area (Å²) in [5.41, 5.74) is 3.57. The van der Waals surface area contributed by atoms with E-state index in [9.17, 15) is 9.59 Å². The first-order valence-corrected chi connectivity index (χ1v) is 10.2. The first kappa shape index (κ1) is 20.5. The number of rotatable bonds is 6. The Bertz CT molecular complexity index is 1050. The summed E-state index contributed by atoms with van der Waals surface area (Å²) >= 11 is 0. The van der Waals surface area contributed by atoms with E-state index in [1.165, 1.54) is 0 Å². The van der Waals surface area contributed by atoms with Crippen LogP contribution >= 0.6 is 0 Å². The Kier molecular flexibility index (Phi) is 6.47. The molecule has 6 heteroatoms. The Balaban J connectivity index is 1.26. The van der Waals surface area contributed by atoms with E-state index in [1.54, 1.807) is 18.2 Å². The van der Waals surface area contributed by atoms with E-state index in [-0.39, 0.29) is 13.0 Å². The zero-order chi connectivity index (χ0) is 21.5. The number of carbonyl (C=O) groups is 2. The molecule has 1 N–H and O–H groups in total. The zero-order valence-electron chi connectivity index (χ0n) is 17.0. The van der Waals surface area contributed by atoms with Crippen LogP contribution < -0.4 is 14.8 Å². The van der Waals surface area contributed by atoms with Crippen LogP contribution in [0.2, 0.25) is 0 Å². The van der Waals surface area contributed by atoms with Crippen molar-refractivity contribution in [2.75, 3.05) is 25.1 Å². The predicted molar refractivity (Wildman–Crippen MR) is 117 cm³/mol. The lowest BCUT2D eigenvalue weighted by molar-refractivity contribution is -0.146. The first-order chi connectivity index (χ1) is 15.2. The van der Waals surface area contributed by atoms with Gasteiger partial charge in [-0.2, -0.15) is 0 Å². The number of carbonyl (C=O) groups excluding carboxylic acids is 2. The molecule has 0 unspecified atom stereocenters. The Morgan fingerprint density at radius 2 is 1.55 bits per heavy atom. The van der Waals surface area contributed by atoms with E-state index < -0.39 is 11.9 Å². The van der Waals surface area contributed by atoms with Crippen LogP contribution in [0.1, 0.15) is 12.0 Å². The maximum absolute atomic E-state index is 12.1. The van der Waals surface area contributed by atoms with Gasteiger partial charge in [-0.15, -0.1) is 0 Å². The molecule has 0 atom stereocenters. The number of amides is 1. The molecule has 0 aliphatic carbocycles. The molecule has 4 rings (SSSR count). The molecule has 1 amide bonds. The van der Waals surface area contributed by atoms with Crippen molar-refractivity contribution in [1.82, 2.24) is 0 Å². The van der Waals surface area contributed by atoms with Crippen molar-refractivity contribution in [3.05, 3.63) is 78.4 Å². The van der Waals surface area contributed by atoms with Gasteiger partial charge >= 0.3 is 5.97 Å². The number of hydrogen-bond acceptors (Lipinski definition) is 5. The van der Waals surface area contributed by atoms with Crippen LogP contribution in [0.5, 0.6) is 11.5 Å². The third-order valence-electron chi connectivity index (χ3n) is 4.81. The van der Waals surface area contributed by atoms with Crippen LogP contribution in [0.4, 0.5) is 5.69 Å². The van der Waals surface area contributed by atoms with Crippen LogP contribution in [-0.4, -0.2) is 31.7 Å². The first-order valence-electron chi connectivity index (χ1n) is 10.2. The molecule has 3 aromatic rings. The highest BCUT2D eigenvalue weighted by Crippen LogP contribution is 2.32. The molecule has 0 spiro atoms. The molecule has 0 saturated heterocycles. The number of nitrogens with one attached hydrogen (secondary N) is 1. The van der Waals surface area contributed by atoms with Crippen molar-refractivity contribution in [3.63, 3.8) is 0 Å². The Hall–Kier alpha value is -3.80. The van der Waals surface area contributed by atoms with Gasteiger partial charge in [0.2, 0.25) is 0 Å². The van der Waals surface area contributed by atoms with Gasteiger partial charge in [0, 0.05) is 18.2 Å². The molecule has 158 valence electrons. The normalized spacial score (nSPS) is 12.5. The fourth-order valence-corrected chi connectivity index (χ4v) is 3.25. The third-order valence-corrected chi connectivity index (χ3v) is 4.81. The van der Waals surface area contributed by atoms with Crippen LogP contribution in [0, 0.1) is 0 Å². The van der Waals surface area contributed by atoms with Crippen LogP contribution in [0.15, 0.2) is 72.8 Å². The lowest BCUT2D eigenvalue weighted by atomic mass is 10.0. The largest absolute Gasteiger partial charge is 0.490 e. The molecule has 0 radical (unpaired) electrons. The molecule has 0 saturated carbocycles. The number of anilines is 1. The molecule has 1 aliphatic rings. The second-order valence-electron chi connectivity index (χ2n) is 7.16. The topological polar surface area (TPSA) is 73.9 Å². The van der Waals surface area contributed by atoms with Gasteiger partial charge in [-0.3, -0.25) is 9.59 Å². The van der Waals surface area contributed by atoms with E-state index in [4.69, 9.17) is 14.2 Å². The van der Waals surface area contributed by atoms with E-state index >= 15 is 0 Å². The van der Waals surface area contributed by atoms with Crippen molar-refractivity contribution in [3.8, 4) is 22.6 Å². The maximum atomic E-state index is 12.1. The minimum absolute atomic E-state index is 0.104. The second-order valence-corrected chi connectivity index (χ2v) is 7.16. The van der Waals surface area contributed by atoms with Crippen molar-refractivity contribution in [1.29, 1.82) is 0 Å². The third kappa shape index (κ3) is 5.63. The molecule has 0 aromatic heterocycles. The SMILES string of the molecule is O=C(COC(=O)Cc1ccc(-c2ccccc2)cc1)Nc1ccc2c(c1)OCCCO2. The van der Waals surface area contributed by atoms with Gasteiger partial charge in [0.15, 0.2) is 18.1 Å². The van der Waals surface area contributed by atoms with E-state index in [0.717, 1.165) is 23.1 Å². The summed E-state index contributed by atoms with van der Waals surface area (Å²) in [6.07, 6.45) is 0.910. The number of fused-ring (bicyclic) bond motifs is 1. The summed E-state index contributed by atoms with van der Waals surface area (Å²) < 4.78 is 16.3. The molecule has 3 aromatic carbocycles. The number of ether oxygens (including phenoxy) is 3. The van der Waals surface area contributed by atoms with Crippen molar-refractivity contribution < 1.29 is 23.8 Å². The highest BCUT2D eigenvalue weighted by Gasteiger charge is 2.13. The van der Waals surface area contributed by atoms with E-state index in [1.807, 2.05) is 54.6 Å². The summed E-state index contributed by atoms with van der Waals surface area (Å²) in [6, 6.07) is 22.9. The highest BCUT2D eigenvalue weighted by atomic mass is 16.5. The molecule has 6 nitrogen and oxygen atoms in total. The minimum Gasteiger partial charge on any atom is -0.490 e. The van der Waals surface area contributed by atoms with Gasteiger partial charge in [-0.25, -0.2) is 0 Å². The smallest absolute Gasteiger partial charge is 0.310 e. The monoisotopic (exact) mass is 417 g/mol. The molecule has 0 bridgehead atoms. The van der Waals surface area contributed by atoms with Gasteiger partial charge in [0.05, 0.1) is 19.6 Å². The van der Waals surface area contributed by atoms with Crippen LogP contribution in [-0.2, 0) is 20.7 Å².